The smallest absolute Gasteiger partial charge is 0.291 e. The predicted molar refractivity (Wildman–Crippen MR) is 131 cm³/mol. The van der Waals surface area contributed by atoms with Crippen molar-refractivity contribution in [2.45, 2.75) is 43.5 Å². The van der Waals surface area contributed by atoms with E-state index in [0.29, 0.717) is 61.6 Å². The van der Waals surface area contributed by atoms with Crippen LogP contribution >= 0.6 is 11.3 Å². The molecule has 2 aliphatic rings. The number of piperazine rings is 1. The molecular weight excluding hydrogens is 531 g/mol. The van der Waals surface area contributed by atoms with Crippen molar-refractivity contribution in [2.75, 3.05) is 37.8 Å². The second kappa shape index (κ2) is 9.51. The molecule has 5 rings (SSSR count). The molecule has 1 saturated heterocycles. The fourth-order valence-electron chi connectivity index (χ4n) is 4.32. The summed E-state index contributed by atoms with van der Waals surface area (Å²) in [5, 5.41) is 6.98. The van der Waals surface area contributed by atoms with Gasteiger partial charge in [-0.1, -0.05) is 25.2 Å². The zero-order valence-corrected chi connectivity index (χ0v) is 21.8. The summed E-state index contributed by atoms with van der Waals surface area (Å²) in [5.41, 5.74) is -0.0140. The molecule has 37 heavy (non-hydrogen) atoms. The van der Waals surface area contributed by atoms with E-state index in [9.17, 15) is 26.4 Å². The molecule has 2 fully saturated rings. The molecule has 1 aliphatic heterocycles. The maximum atomic E-state index is 13.5. The van der Waals surface area contributed by atoms with Crippen LogP contribution in [0.3, 0.4) is 0 Å². The SMILES string of the molecule is CC(C)C(=O)N1CCN(c2cc(S(=O)(=O)NC3(CF)CC3)cn3c(-c4nnc(C(F)F)s4)ncc23)CC1. The molecule has 0 radical (unpaired) electrons. The fraction of sp³-hybridized carbons (Fsp3) is 0.545. The van der Waals surface area contributed by atoms with Gasteiger partial charge in [0.2, 0.25) is 15.9 Å². The molecule has 4 heterocycles. The number of rotatable bonds is 8. The van der Waals surface area contributed by atoms with Crippen LogP contribution in [0.15, 0.2) is 23.4 Å². The van der Waals surface area contributed by atoms with Crippen molar-refractivity contribution < 1.29 is 26.4 Å². The molecule has 3 aromatic heterocycles. The summed E-state index contributed by atoms with van der Waals surface area (Å²) < 4.78 is 70.3. The number of halogens is 3. The Bertz CT molecular complexity index is 1430. The first kappa shape index (κ1) is 25.9. The van der Waals surface area contributed by atoms with Gasteiger partial charge in [-0.2, -0.15) is 0 Å². The Balaban J connectivity index is 1.57. The van der Waals surface area contributed by atoms with Gasteiger partial charge < -0.3 is 9.80 Å². The summed E-state index contributed by atoms with van der Waals surface area (Å²) in [6.45, 7) is 4.68. The topological polar surface area (TPSA) is 113 Å². The van der Waals surface area contributed by atoms with Gasteiger partial charge in [-0.15, -0.1) is 10.2 Å². The first-order valence-corrected chi connectivity index (χ1v) is 14.1. The lowest BCUT2D eigenvalue weighted by Gasteiger charge is -2.37. The van der Waals surface area contributed by atoms with E-state index in [1.165, 1.54) is 22.9 Å². The lowest BCUT2D eigenvalue weighted by molar-refractivity contribution is -0.134. The van der Waals surface area contributed by atoms with E-state index in [2.05, 4.69) is 19.9 Å². The molecule has 15 heteroatoms. The Morgan fingerprint density at radius 2 is 1.89 bits per heavy atom. The molecule has 0 spiro atoms. The highest BCUT2D eigenvalue weighted by atomic mass is 32.2. The largest absolute Gasteiger partial charge is 0.366 e. The van der Waals surface area contributed by atoms with Crippen molar-refractivity contribution in [3.05, 3.63) is 23.5 Å². The van der Waals surface area contributed by atoms with Gasteiger partial charge in [0.1, 0.15) is 11.6 Å². The van der Waals surface area contributed by atoms with E-state index >= 15 is 0 Å². The summed E-state index contributed by atoms with van der Waals surface area (Å²) in [7, 11) is -4.12. The molecule has 0 unspecified atom stereocenters. The Kier molecular flexibility index (Phi) is 6.64. The summed E-state index contributed by atoms with van der Waals surface area (Å²) in [5.74, 6) is 0.0763. The minimum Gasteiger partial charge on any atom is -0.366 e. The van der Waals surface area contributed by atoms with Gasteiger partial charge in [0.15, 0.2) is 15.8 Å². The number of nitrogens with zero attached hydrogens (tertiary/aromatic N) is 6. The molecule has 1 N–H and O–H groups in total. The van der Waals surface area contributed by atoms with Crippen LogP contribution in [0.2, 0.25) is 0 Å². The van der Waals surface area contributed by atoms with Gasteiger partial charge in [-0.05, 0) is 18.9 Å². The summed E-state index contributed by atoms with van der Waals surface area (Å²) in [6, 6.07) is 1.50. The third kappa shape index (κ3) is 4.91. The number of carbonyl (C=O) groups excluding carboxylic acids is 1. The number of hydrogen-bond donors (Lipinski definition) is 1. The zero-order chi connectivity index (χ0) is 26.5. The number of alkyl halides is 3. The van der Waals surface area contributed by atoms with Crippen LogP contribution in [-0.4, -0.2) is 77.2 Å². The number of nitrogens with one attached hydrogen (secondary N) is 1. The Morgan fingerprint density at radius 1 is 1.19 bits per heavy atom. The van der Waals surface area contributed by atoms with Gasteiger partial charge >= 0.3 is 0 Å². The van der Waals surface area contributed by atoms with Gasteiger partial charge in [0, 0.05) is 38.3 Å². The predicted octanol–water partition coefficient (Wildman–Crippen LogP) is 2.88. The second-order valence-corrected chi connectivity index (χ2v) is 12.3. The van der Waals surface area contributed by atoms with Gasteiger partial charge in [0.25, 0.3) is 6.43 Å². The number of fused-ring (bicyclic) bond motifs is 1. The third-order valence-electron chi connectivity index (χ3n) is 6.61. The van der Waals surface area contributed by atoms with E-state index in [4.69, 9.17) is 0 Å². The van der Waals surface area contributed by atoms with Crippen LogP contribution < -0.4 is 9.62 Å². The van der Waals surface area contributed by atoms with Crippen LogP contribution in [-0.2, 0) is 14.8 Å². The molecule has 3 aromatic rings. The monoisotopic (exact) mass is 557 g/mol. The molecular formula is C22H26F3N7O3S2. The normalized spacial score (nSPS) is 17.8. The fourth-order valence-corrected chi connectivity index (χ4v) is 6.47. The molecule has 1 amide bonds. The minimum absolute atomic E-state index is 0.0454. The van der Waals surface area contributed by atoms with Crippen LogP contribution in [0.4, 0.5) is 18.9 Å². The maximum absolute atomic E-state index is 13.5. The van der Waals surface area contributed by atoms with E-state index in [1.54, 1.807) is 4.90 Å². The number of pyridine rings is 1. The first-order valence-electron chi connectivity index (χ1n) is 11.8. The van der Waals surface area contributed by atoms with E-state index in [0.717, 1.165) is 0 Å². The molecule has 200 valence electrons. The van der Waals surface area contributed by atoms with E-state index < -0.39 is 33.7 Å². The number of imidazole rings is 1. The van der Waals surface area contributed by atoms with Crippen molar-refractivity contribution in [3.63, 3.8) is 0 Å². The van der Waals surface area contributed by atoms with E-state index in [1.807, 2.05) is 18.7 Å². The molecule has 0 aromatic carbocycles. The van der Waals surface area contributed by atoms with E-state index in [-0.39, 0.29) is 27.6 Å². The van der Waals surface area contributed by atoms with Crippen LogP contribution in [0, 0.1) is 5.92 Å². The minimum atomic E-state index is -4.12. The molecule has 1 saturated carbocycles. The number of sulfonamides is 1. The number of anilines is 1. The van der Waals surface area contributed by atoms with Gasteiger partial charge in [0.05, 0.1) is 22.9 Å². The second-order valence-electron chi connectivity index (χ2n) is 9.63. The van der Waals surface area contributed by atoms with Crippen LogP contribution in [0.1, 0.15) is 38.1 Å². The third-order valence-corrected chi connectivity index (χ3v) is 9.08. The number of aromatic nitrogens is 4. The van der Waals surface area contributed by atoms with Crippen LogP contribution in [0.5, 0.6) is 0 Å². The average molecular weight is 558 g/mol. The first-order chi connectivity index (χ1) is 17.5. The highest BCUT2D eigenvalue weighted by molar-refractivity contribution is 7.89. The Labute approximate surface area is 215 Å². The molecule has 0 bridgehead atoms. The number of hydrogen-bond acceptors (Lipinski definition) is 8. The highest BCUT2D eigenvalue weighted by Crippen LogP contribution is 2.38. The van der Waals surface area contributed by atoms with Gasteiger partial charge in [-0.3, -0.25) is 9.20 Å². The standard InChI is InChI=1S/C22H26F3N7O3S2/c1-13(2)21(33)31-7-5-30(6-8-31)15-9-14(37(34,35)29-22(12-23)3-4-22)11-32-16(15)10-26-18(32)20-28-27-19(36-20)17(24)25/h9-11,13,17,29H,3-8,12H2,1-2H3. The van der Waals surface area contributed by atoms with Crippen molar-refractivity contribution >= 4 is 38.5 Å². The summed E-state index contributed by atoms with van der Waals surface area (Å²) >= 11 is 0.670. The summed E-state index contributed by atoms with van der Waals surface area (Å²) in [6.07, 6.45) is 0.865. The zero-order valence-electron chi connectivity index (χ0n) is 20.2. The quantitative estimate of drug-likeness (QED) is 0.453. The average Bonchev–Trinajstić information content (AvgIpc) is 3.26. The number of carbonyl (C=O) groups is 1. The number of amides is 1. The Hall–Kier alpha value is -2.78. The van der Waals surface area contributed by atoms with Crippen molar-refractivity contribution in [1.82, 2.24) is 29.2 Å². The van der Waals surface area contributed by atoms with Gasteiger partial charge in [-0.25, -0.2) is 31.3 Å². The lowest BCUT2D eigenvalue weighted by atomic mass is 10.1. The van der Waals surface area contributed by atoms with Crippen molar-refractivity contribution in [3.8, 4) is 10.8 Å². The molecule has 10 nitrogen and oxygen atoms in total. The molecule has 0 atom stereocenters. The van der Waals surface area contributed by atoms with Crippen molar-refractivity contribution in [2.24, 2.45) is 5.92 Å². The maximum Gasteiger partial charge on any atom is 0.291 e. The summed E-state index contributed by atoms with van der Waals surface area (Å²) in [4.78, 5) is 20.4. The molecule has 1 aliphatic carbocycles. The Morgan fingerprint density at radius 3 is 2.46 bits per heavy atom. The van der Waals surface area contributed by atoms with Crippen LogP contribution in [0.25, 0.3) is 16.3 Å². The van der Waals surface area contributed by atoms with Crippen molar-refractivity contribution in [1.29, 1.82) is 0 Å². The lowest BCUT2D eigenvalue weighted by Crippen LogP contribution is -2.50. The highest BCUT2D eigenvalue weighted by Gasteiger charge is 2.46.